The summed E-state index contributed by atoms with van der Waals surface area (Å²) >= 11 is 5.92. The largest absolute Gasteiger partial charge is 0.465 e. The van der Waals surface area contributed by atoms with Crippen LogP contribution in [0.2, 0.25) is 0 Å². The lowest BCUT2D eigenvalue weighted by molar-refractivity contribution is 0.0600. The molecule has 0 N–H and O–H groups in total. The van der Waals surface area contributed by atoms with Gasteiger partial charge in [-0.25, -0.2) is 4.79 Å². The fourth-order valence-electron chi connectivity index (χ4n) is 2.06. The highest BCUT2D eigenvalue weighted by Gasteiger charge is 2.18. The van der Waals surface area contributed by atoms with Crippen LogP contribution in [0.1, 0.15) is 35.4 Å². The van der Waals surface area contributed by atoms with Crippen molar-refractivity contribution in [2.24, 2.45) is 0 Å². The van der Waals surface area contributed by atoms with Gasteiger partial charge in [0.05, 0.1) is 24.2 Å². The van der Waals surface area contributed by atoms with Gasteiger partial charge in [0.25, 0.3) is 0 Å². The number of hydrogen-bond donors (Lipinski definition) is 0. The minimum Gasteiger partial charge on any atom is -0.465 e. The van der Waals surface area contributed by atoms with Crippen LogP contribution in [0.25, 0.3) is 5.69 Å². The third-order valence-electron chi connectivity index (χ3n) is 2.94. The molecule has 1 heterocycles. The molecule has 1 aromatic heterocycles. The monoisotopic (exact) mass is 293 g/mol. The van der Waals surface area contributed by atoms with Gasteiger partial charge in [0.2, 0.25) is 0 Å². The zero-order valence-corrected chi connectivity index (χ0v) is 12.2. The Morgan fingerprint density at radius 2 is 2.00 bits per heavy atom. The Hall–Kier alpha value is -1.88. The normalized spacial score (nSPS) is 10.6. The second kappa shape index (κ2) is 6.52. The molecule has 6 heteroatoms. The summed E-state index contributed by atoms with van der Waals surface area (Å²) in [5.41, 5.74) is 1.17. The maximum atomic E-state index is 11.9. The van der Waals surface area contributed by atoms with E-state index in [1.165, 1.54) is 7.11 Å². The number of ether oxygens (including phenoxy) is 1. The molecule has 20 heavy (non-hydrogen) atoms. The first-order chi connectivity index (χ1) is 9.72. The molecule has 0 atom stereocenters. The predicted molar refractivity (Wildman–Crippen MR) is 76.3 cm³/mol. The first-order valence-corrected chi connectivity index (χ1v) is 6.93. The Kier molecular flexibility index (Phi) is 4.74. The second-order valence-corrected chi connectivity index (χ2v) is 4.53. The molecule has 0 saturated heterocycles. The third kappa shape index (κ3) is 2.67. The number of aromatic nitrogens is 3. The van der Waals surface area contributed by atoms with Gasteiger partial charge >= 0.3 is 5.97 Å². The summed E-state index contributed by atoms with van der Waals surface area (Å²) in [5.74, 6) is 1.25. The minimum atomic E-state index is -0.391. The highest BCUT2D eigenvalue weighted by atomic mass is 35.5. The molecule has 2 rings (SSSR count). The molecule has 0 radical (unpaired) electrons. The number of para-hydroxylation sites is 1. The first-order valence-electron chi connectivity index (χ1n) is 6.39. The van der Waals surface area contributed by atoms with E-state index in [9.17, 15) is 4.79 Å². The van der Waals surface area contributed by atoms with E-state index in [0.717, 1.165) is 18.7 Å². The van der Waals surface area contributed by atoms with Crippen molar-refractivity contribution >= 4 is 17.6 Å². The molecular formula is C14H16ClN3O2. The predicted octanol–water partition coefficient (Wildman–Crippen LogP) is 2.75. The number of carbonyl (C=O) groups excluding carboxylic acids is 1. The van der Waals surface area contributed by atoms with E-state index in [1.54, 1.807) is 12.1 Å². The van der Waals surface area contributed by atoms with Crippen molar-refractivity contribution in [3.05, 3.63) is 41.5 Å². The van der Waals surface area contributed by atoms with Gasteiger partial charge in [0, 0.05) is 6.42 Å². The maximum absolute atomic E-state index is 11.9. The summed E-state index contributed by atoms with van der Waals surface area (Å²) in [6.45, 7) is 2.06. The van der Waals surface area contributed by atoms with Crippen molar-refractivity contribution in [3.63, 3.8) is 0 Å². The van der Waals surface area contributed by atoms with Crippen LogP contribution in [0.3, 0.4) is 0 Å². The molecule has 0 saturated carbocycles. The summed E-state index contributed by atoms with van der Waals surface area (Å²) in [7, 11) is 1.36. The maximum Gasteiger partial charge on any atom is 0.339 e. The summed E-state index contributed by atoms with van der Waals surface area (Å²) < 4.78 is 6.66. The Bertz CT molecular complexity index is 610. The molecule has 0 unspecified atom stereocenters. The molecule has 0 spiro atoms. The molecule has 0 amide bonds. The molecular weight excluding hydrogens is 278 g/mol. The highest BCUT2D eigenvalue weighted by Crippen LogP contribution is 2.20. The minimum absolute atomic E-state index is 0.228. The Morgan fingerprint density at radius 1 is 1.30 bits per heavy atom. The molecule has 2 aromatic rings. The number of esters is 1. The van der Waals surface area contributed by atoms with Crippen LogP contribution < -0.4 is 0 Å². The number of hydrogen-bond acceptors (Lipinski definition) is 4. The lowest BCUT2D eigenvalue weighted by Crippen LogP contribution is -2.11. The molecule has 0 fully saturated rings. The van der Waals surface area contributed by atoms with Crippen LogP contribution in [-0.2, 0) is 17.0 Å². The van der Waals surface area contributed by atoms with Crippen LogP contribution in [0.15, 0.2) is 24.3 Å². The Balaban J connectivity index is 2.61. The first kappa shape index (κ1) is 14.5. The van der Waals surface area contributed by atoms with Gasteiger partial charge in [0.1, 0.15) is 5.82 Å². The lowest BCUT2D eigenvalue weighted by atomic mass is 10.1. The highest BCUT2D eigenvalue weighted by molar-refractivity contribution is 6.16. The van der Waals surface area contributed by atoms with Crippen LogP contribution >= 0.6 is 11.6 Å². The summed E-state index contributed by atoms with van der Waals surface area (Å²) in [4.78, 5) is 11.9. The van der Waals surface area contributed by atoms with Crippen molar-refractivity contribution < 1.29 is 9.53 Å². The topological polar surface area (TPSA) is 57.0 Å². The average molecular weight is 294 g/mol. The molecule has 106 valence electrons. The molecule has 0 aliphatic heterocycles. The second-order valence-electron chi connectivity index (χ2n) is 4.26. The standard InChI is InChI=1S/C14H16ClN3O2/c1-3-6-12-16-17-13(9-15)18(12)11-8-5-4-7-10(11)14(19)20-2/h4-5,7-8H,3,6,9H2,1-2H3. The number of aryl methyl sites for hydroxylation is 1. The van der Waals surface area contributed by atoms with Gasteiger partial charge in [0.15, 0.2) is 5.82 Å². The van der Waals surface area contributed by atoms with Gasteiger partial charge in [-0.15, -0.1) is 21.8 Å². The number of methoxy groups -OCH3 is 1. The van der Waals surface area contributed by atoms with Crippen molar-refractivity contribution in [2.75, 3.05) is 7.11 Å². The van der Waals surface area contributed by atoms with Gasteiger partial charge in [-0.2, -0.15) is 0 Å². The summed E-state index contributed by atoms with van der Waals surface area (Å²) in [5, 5.41) is 8.24. The Morgan fingerprint density at radius 3 is 2.65 bits per heavy atom. The Labute approximate surface area is 122 Å². The lowest BCUT2D eigenvalue weighted by Gasteiger charge is -2.12. The summed E-state index contributed by atoms with van der Waals surface area (Å²) in [6, 6.07) is 7.20. The molecule has 0 aliphatic rings. The van der Waals surface area contributed by atoms with Crippen LogP contribution in [0.5, 0.6) is 0 Å². The van der Waals surface area contributed by atoms with Gasteiger partial charge in [-0.3, -0.25) is 4.57 Å². The van der Waals surface area contributed by atoms with E-state index in [-0.39, 0.29) is 5.88 Å². The van der Waals surface area contributed by atoms with Crippen LogP contribution in [0, 0.1) is 0 Å². The van der Waals surface area contributed by atoms with E-state index >= 15 is 0 Å². The number of benzene rings is 1. The van der Waals surface area contributed by atoms with E-state index in [1.807, 2.05) is 16.7 Å². The molecule has 1 aromatic carbocycles. The molecule has 5 nitrogen and oxygen atoms in total. The van der Waals surface area contributed by atoms with E-state index in [4.69, 9.17) is 16.3 Å². The number of alkyl halides is 1. The van der Waals surface area contributed by atoms with E-state index < -0.39 is 5.97 Å². The zero-order valence-electron chi connectivity index (χ0n) is 11.5. The van der Waals surface area contributed by atoms with Gasteiger partial charge < -0.3 is 4.74 Å². The van der Waals surface area contributed by atoms with Crippen LogP contribution in [-0.4, -0.2) is 27.8 Å². The van der Waals surface area contributed by atoms with Crippen molar-refractivity contribution in [1.29, 1.82) is 0 Å². The van der Waals surface area contributed by atoms with Crippen LogP contribution in [0.4, 0.5) is 0 Å². The fraction of sp³-hybridized carbons (Fsp3) is 0.357. The van der Waals surface area contributed by atoms with Gasteiger partial charge in [-0.05, 0) is 18.6 Å². The van der Waals surface area contributed by atoms with E-state index in [0.29, 0.717) is 17.1 Å². The SMILES string of the molecule is CCCc1nnc(CCl)n1-c1ccccc1C(=O)OC. The zero-order chi connectivity index (χ0) is 14.5. The average Bonchev–Trinajstić information content (AvgIpc) is 2.89. The van der Waals surface area contributed by atoms with Gasteiger partial charge in [-0.1, -0.05) is 19.1 Å². The van der Waals surface area contributed by atoms with E-state index in [2.05, 4.69) is 17.1 Å². The summed E-state index contributed by atoms with van der Waals surface area (Å²) in [6.07, 6.45) is 1.69. The molecule has 0 bridgehead atoms. The van der Waals surface area contributed by atoms with Crippen molar-refractivity contribution in [1.82, 2.24) is 14.8 Å². The third-order valence-corrected chi connectivity index (χ3v) is 3.18. The van der Waals surface area contributed by atoms with Crippen molar-refractivity contribution in [3.8, 4) is 5.69 Å². The number of carbonyl (C=O) groups is 1. The number of halogens is 1. The number of nitrogens with zero attached hydrogens (tertiary/aromatic N) is 3. The van der Waals surface area contributed by atoms with Crippen molar-refractivity contribution in [2.45, 2.75) is 25.6 Å². The fourth-order valence-corrected chi connectivity index (χ4v) is 2.23. The molecule has 0 aliphatic carbocycles. The number of rotatable bonds is 5. The smallest absolute Gasteiger partial charge is 0.339 e. The quantitative estimate of drug-likeness (QED) is 0.628.